The number of nitrogens with zero attached hydrogens (tertiary/aromatic N) is 2. The number of halogens is 7. The summed E-state index contributed by atoms with van der Waals surface area (Å²) in [6, 6.07) is 8.88. The van der Waals surface area contributed by atoms with Crippen LogP contribution in [0.15, 0.2) is 48.5 Å². The van der Waals surface area contributed by atoms with Crippen molar-refractivity contribution in [3.8, 4) is 17.3 Å². The number of alkyl halides is 6. The molecule has 13 heteroatoms. The van der Waals surface area contributed by atoms with Crippen molar-refractivity contribution in [2.45, 2.75) is 12.4 Å². The third-order valence-corrected chi connectivity index (χ3v) is 4.52. The van der Waals surface area contributed by atoms with Crippen LogP contribution in [0, 0.1) is 0 Å². The van der Waals surface area contributed by atoms with Crippen molar-refractivity contribution < 1.29 is 40.6 Å². The van der Waals surface area contributed by atoms with Crippen LogP contribution in [-0.4, -0.2) is 29.4 Å². The molecule has 1 aromatic heterocycles. The Labute approximate surface area is 187 Å². The molecular formula is C20H14ClF6N3O3. The zero-order chi connectivity index (χ0) is 24.4. The summed E-state index contributed by atoms with van der Waals surface area (Å²) in [5.74, 6) is -1.47. The number of hydrogen-bond acceptors (Lipinski definition) is 4. The van der Waals surface area contributed by atoms with Gasteiger partial charge in [0.25, 0.3) is 5.91 Å². The molecule has 0 saturated heterocycles. The van der Waals surface area contributed by atoms with Crippen LogP contribution in [0.1, 0.15) is 11.3 Å². The maximum atomic E-state index is 13.2. The highest BCUT2D eigenvalue weighted by molar-refractivity contribution is 6.32. The second-order valence-electron chi connectivity index (χ2n) is 6.48. The third-order valence-electron chi connectivity index (χ3n) is 4.20. The Morgan fingerprint density at radius 2 is 1.76 bits per heavy atom. The van der Waals surface area contributed by atoms with E-state index in [0.717, 1.165) is 16.8 Å². The lowest BCUT2D eigenvalue weighted by Crippen LogP contribution is -2.21. The number of carbonyl (C=O) groups excluding carboxylic acids is 1. The van der Waals surface area contributed by atoms with Crippen molar-refractivity contribution in [3.63, 3.8) is 0 Å². The van der Waals surface area contributed by atoms with Crippen molar-refractivity contribution in [3.05, 3.63) is 64.8 Å². The summed E-state index contributed by atoms with van der Waals surface area (Å²) in [4.78, 5) is 12.3. The minimum atomic E-state index is -4.81. The number of anilines is 1. The first-order chi connectivity index (χ1) is 15.4. The first-order valence-electron chi connectivity index (χ1n) is 9.00. The Hall–Kier alpha value is -3.41. The van der Waals surface area contributed by atoms with Gasteiger partial charge >= 0.3 is 12.4 Å². The summed E-state index contributed by atoms with van der Waals surface area (Å²) in [6.45, 7) is -0.840. The van der Waals surface area contributed by atoms with Gasteiger partial charge in [-0.15, -0.1) is 0 Å². The standard InChI is InChI=1S/C20H14ClF6N3O3/c1-32-15-7-6-11(19(22,23)24)8-13(15)28-17(31)10-33-18-9-16(20(25,26)27)29-30(18)14-5-3-2-4-12(14)21/h2-9H,10H2,1H3,(H,28,31). The Morgan fingerprint density at radius 1 is 1.06 bits per heavy atom. The second kappa shape index (κ2) is 9.22. The molecule has 0 saturated carbocycles. The molecule has 0 spiro atoms. The van der Waals surface area contributed by atoms with E-state index >= 15 is 0 Å². The molecule has 1 N–H and O–H groups in total. The van der Waals surface area contributed by atoms with E-state index in [-0.39, 0.29) is 22.1 Å². The molecule has 2 aromatic carbocycles. The van der Waals surface area contributed by atoms with Crippen molar-refractivity contribution in [1.82, 2.24) is 9.78 Å². The van der Waals surface area contributed by atoms with E-state index in [0.29, 0.717) is 12.1 Å². The molecule has 0 bridgehead atoms. The highest BCUT2D eigenvalue weighted by Crippen LogP contribution is 2.35. The van der Waals surface area contributed by atoms with Gasteiger partial charge in [-0.25, -0.2) is 0 Å². The van der Waals surface area contributed by atoms with Crippen LogP contribution in [0.5, 0.6) is 11.6 Å². The predicted molar refractivity (Wildman–Crippen MR) is 106 cm³/mol. The van der Waals surface area contributed by atoms with Gasteiger partial charge in [0, 0.05) is 6.07 Å². The molecule has 1 amide bonds. The fraction of sp³-hybridized carbons (Fsp3) is 0.200. The van der Waals surface area contributed by atoms with Gasteiger partial charge in [0.15, 0.2) is 12.3 Å². The molecule has 0 aliphatic rings. The average Bonchev–Trinajstić information content (AvgIpc) is 3.16. The molecule has 176 valence electrons. The number of ether oxygens (including phenoxy) is 2. The molecule has 3 aromatic rings. The Bertz CT molecular complexity index is 1160. The highest BCUT2D eigenvalue weighted by atomic mass is 35.5. The van der Waals surface area contributed by atoms with Crippen LogP contribution in [0.3, 0.4) is 0 Å². The highest BCUT2D eigenvalue weighted by Gasteiger charge is 2.36. The first kappa shape index (κ1) is 24.2. The molecule has 0 atom stereocenters. The normalized spacial score (nSPS) is 11.9. The molecule has 6 nitrogen and oxygen atoms in total. The number of rotatable bonds is 6. The van der Waals surface area contributed by atoms with Crippen molar-refractivity contribution in [2.75, 3.05) is 19.0 Å². The maximum Gasteiger partial charge on any atom is 0.435 e. The van der Waals surface area contributed by atoms with Crippen molar-refractivity contribution in [2.24, 2.45) is 0 Å². The summed E-state index contributed by atoms with van der Waals surface area (Å²) in [5.41, 5.74) is -2.57. The summed E-state index contributed by atoms with van der Waals surface area (Å²) in [7, 11) is 1.19. The maximum absolute atomic E-state index is 13.2. The largest absolute Gasteiger partial charge is 0.495 e. The number of nitrogens with one attached hydrogen (secondary N) is 1. The molecule has 0 fully saturated rings. The second-order valence-corrected chi connectivity index (χ2v) is 6.89. The molecule has 0 unspecified atom stereocenters. The van der Waals surface area contributed by atoms with Crippen LogP contribution < -0.4 is 14.8 Å². The summed E-state index contributed by atoms with van der Waals surface area (Å²) in [5, 5.41) is 5.70. The number of methoxy groups -OCH3 is 1. The molecule has 33 heavy (non-hydrogen) atoms. The van der Waals surface area contributed by atoms with Gasteiger partial charge in [0.1, 0.15) is 5.75 Å². The van der Waals surface area contributed by atoms with E-state index in [2.05, 4.69) is 10.4 Å². The number of carbonyl (C=O) groups is 1. The lowest BCUT2D eigenvalue weighted by molar-refractivity contribution is -0.141. The fourth-order valence-corrected chi connectivity index (χ4v) is 2.92. The minimum Gasteiger partial charge on any atom is -0.495 e. The Morgan fingerprint density at radius 3 is 2.36 bits per heavy atom. The SMILES string of the molecule is COc1ccc(C(F)(F)F)cc1NC(=O)COc1cc(C(F)(F)F)nn1-c1ccccc1Cl. The Kier molecular flexibility index (Phi) is 6.77. The fourth-order valence-electron chi connectivity index (χ4n) is 2.71. The van der Waals surface area contributed by atoms with Gasteiger partial charge in [-0.3, -0.25) is 4.79 Å². The van der Waals surface area contributed by atoms with E-state index in [4.69, 9.17) is 21.1 Å². The van der Waals surface area contributed by atoms with Crippen LogP contribution in [0.2, 0.25) is 5.02 Å². The van der Waals surface area contributed by atoms with Crippen molar-refractivity contribution >= 4 is 23.2 Å². The number of aromatic nitrogens is 2. The lowest BCUT2D eigenvalue weighted by atomic mass is 10.1. The first-order valence-corrected chi connectivity index (χ1v) is 9.38. The van der Waals surface area contributed by atoms with E-state index < -0.39 is 42.0 Å². The summed E-state index contributed by atoms with van der Waals surface area (Å²) in [6.07, 6.45) is -9.48. The lowest BCUT2D eigenvalue weighted by Gasteiger charge is -2.14. The Balaban J connectivity index is 1.84. The minimum absolute atomic E-state index is 0.0585. The van der Waals surface area contributed by atoms with Crippen molar-refractivity contribution in [1.29, 1.82) is 0 Å². The van der Waals surface area contributed by atoms with Crippen LogP contribution >= 0.6 is 11.6 Å². The zero-order valence-electron chi connectivity index (χ0n) is 16.6. The number of para-hydroxylation sites is 1. The van der Waals surface area contributed by atoms with E-state index in [9.17, 15) is 31.1 Å². The predicted octanol–water partition coefficient (Wildman–Crippen LogP) is 5.59. The number of amides is 1. The molecule has 0 aliphatic heterocycles. The summed E-state index contributed by atoms with van der Waals surface area (Å²) < 4.78 is 89.2. The molecular weight excluding hydrogens is 480 g/mol. The average molecular weight is 494 g/mol. The van der Waals surface area contributed by atoms with Crippen LogP contribution in [0.4, 0.5) is 32.0 Å². The molecule has 0 radical (unpaired) electrons. The van der Waals surface area contributed by atoms with E-state index in [1.165, 1.54) is 25.3 Å². The van der Waals surface area contributed by atoms with Crippen LogP contribution in [-0.2, 0) is 17.1 Å². The monoisotopic (exact) mass is 493 g/mol. The quantitative estimate of drug-likeness (QED) is 0.455. The smallest absolute Gasteiger partial charge is 0.435 e. The topological polar surface area (TPSA) is 65.4 Å². The van der Waals surface area contributed by atoms with Crippen LogP contribution in [0.25, 0.3) is 5.69 Å². The van der Waals surface area contributed by atoms with Gasteiger partial charge in [0.05, 0.1) is 29.1 Å². The van der Waals surface area contributed by atoms with E-state index in [1.54, 1.807) is 6.07 Å². The number of hydrogen-bond donors (Lipinski definition) is 1. The number of benzene rings is 2. The van der Waals surface area contributed by atoms with Gasteiger partial charge in [-0.05, 0) is 30.3 Å². The van der Waals surface area contributed by atoms with Gasteiger partial charge in [-0.2, -0.15) is 36.1 Å². The van der Waals surface area contributed by atoms with E-state index in [1.807, 2.05) is 0 Å². The molecule has 1 heterocycles. The zero-order valence-corrected chi connectivity index (χ0v) is 17.3. The summed E-state index contributed by atoms with van der Waals surface area (Å²) >= 11 is 6.03. The molecule has 3 rings (SSSR count). The molecule has 0 aliphatic carbocycles. The van der Waals surface area contributed by atoms with Gasteiger partial charge < -0.3 is 14.8 Å². The van der Waals surface area contributed by atoms with Gasteiger partial charge in [0.2, 0.25) is 5.88 Å². The van der Waals surface area contributed by atoms with Gasteiger partial charge in [-0.1, -0.05) is 23.7 Å². The third kappa shape index (κ3) is 5.69.